The highest BCUT2D eigenvalue weighted by Crippen LogP contribution is 2.18. The molecule has 1 saturated carbocycles. The average Bonchev–Trinajstić information content (AvgIpc) is 3.18. The number of nitrogens with zero attached hydrogens (tertiary/aromatic N) is 2. The Labute approximate surface area is 105 Å². The third-order valence-corrected chi connectivity index (χ3v) is 3.80. The molecular weight excluding hydrogens is 212 g/mol. The average molecular weight is 238 g/mol. The maximum atomic E-state index is 4.28. The monoisotopic (exact) mass is 238 g/mol. The molecule has 17 heavy (non-hydrogen) atoms. The van der Waals surface area contributed by atoms with E-state index in [1.807, 2.05) is 7.05 Å². The van der Waals surface area contributed by atoms with Crippen LogP contribution in [-0.2, 0) is 0 Å². The molecule has 2 N–H and O–H groups in total. The van der Waals surface area contributed by atoms with Crippen LogP contribution in [0.15, 0.2) is 4.99 Å². The van der Waals surface area contributed by atoms with Crippen molar-refractivity contribution in [3.8, 4) is 0 Å². The van der Waals surface area contributed by atoms with Gasteiger partial charge in [0.05, 0.1) is 0 Å². The Morgan fingerprint density at radius 2 is 2.12 bits per heavy atom. The fourth-order valence-electron chi connectivity index (χ4n) is 2.54. The highest BCUT2D eigenvalue weighted by molar-refractivity contribution is 5.80. The van der Waals surface area contributed by atoms with Crippen molar-refractivity contribution < 1.29 is 0 Å². The van der Waals surface area contributed by atoms with E-state index in [1.165, 1.54) is 45.2 Å². The van der Waals surface area contributed by atoms with Gasteiger partial charge in [-0.1, -0.05) is 13.3 Å². The Hall–Kier alpha value is -0.770. The van der Waals surface area contributed by atoms with E-state index in [-0.39, 0.29) is 0 Å². The van der Waals surface area contributed by atoms with E-state index in [0.29, 0.717) is 12.1 Å². The Balaban J connectivity index is 1.74. The molecular formula is C13H26N4. The predicted molar refractivity (Wildman–Crippen MR) is 72.4 cm³/mol. The number of guanidine groups is 1. The van der Waals surface area contributed by atoms with Crippen LogP contribution in [0.1, 0.15) is 39.0 Å². The molecule has 1 atom stereocenters. The van der Waals surface area contributed by atoms with Gasteiger partial charge in [-0.2, -0.15) is 0 Å². The maximum Gasteiger partial charge on any atom is 0.191 e. The molecule has 1 aliphatic carbocycles. The lowest BCUT2D eigenvalue weighted by Crippen LogP contribution is -2.49. The van der Waals surface area contributed by atoms with Crippen molar-refractivity contribution in [2.75, 3.05) is 26.7 Å². The fraction of sp³-hybridized carbons (Fsp3) is 0.923. The minimum atomic E-state index is 0.676. The SMILES string of the molecule is CCN1CCCCC1CNC(=NC)NC1CC1. The van der Waals surface area contributed by atoms with Crippen LogP contribution in [0.3, 0.4) is 0 Å². The molecule has 4 nitrogen and oxygen atoms in total. The summed E-state index contributed by atoms with van der Waals surface area (Å²) in [5.41, 5.74) is 0. The molecule has 0 spiro atoms. The number of nitrogens with one attached hydrogen (secondary N) is 2. The van der Waals surface area contributed by atoms with E-state index >= 15 is 0 Å². The number of rotatable bonds is 4. The summed E-state index contributed by atoms with van der Waals surface area (Å²) in [6.07, 6.45) is 6.65. The quantitative estimate of drug-likeness (QED) is 0.571. The van der Waals surface area contributed by atoms with Crippen molar-refractivity contribution in [1.82, 2.24) is 15.5 Å². The topological polar surface area (TPSA) is 39.7 Å². The molecule has 0 aromatic carbocycles. The van der Waals surface area contributed by atoms with E-state index in [0.717, 1.165) is 12.5 Å². The molecule has 2 aliphatic rings. The van der Waals surface area contributed by atoms with Crippen LogP contribution < -0.4 is 10.6 Å². The highest BCUT2D eigenvalue weighted by atomic mass is 15.2. The summed E-state index contributed by atoms with van der Waals surface area (Å²) in [4.78, 5) is 6.86. The summed E-state index contributed by atoms with van der Waals surface area (Å²) in [6, 6.07) is 1.36. The van der Waals surface area contributed by atoms with E-state index in [1.54, 1.807) is 0 Å². The van der Waals surface area contributed by atoms with E-state index in [4.69, 9.17) is 0 Å². The van der Waals surface area contributed by atoms with Crippen LogP contribution in [0.5, 0.6) is 0 Å². The summed E-state index contributed by atoms with van der Waals surface area (Å²) in [6.45, 7) is 5.72. The molecule has 1 saturated heterocycles. The van der Waals surface area contributed by atoms with Gasteiger partial charge in [-0.05, 0) is 38.8 Å². The lowest BCUT2D eigenvalue weighted by Gasteiger charge is -2.35. The first-order valence-electron chi connectivity index (χ1n) is 7.04. The smallest absolute Gasteiger partial charge is 0.191 e. The summed E-state index contributed by atoms with van der Waals surface area (Å²) < 4.78 is 0. The largest absolute Gasteiger partial charge is 0.355 e. The second kappa shape index (κ2) is 6.24. The first-order valence-corrected chi connectivity index (χ1v) is 7.04. The predicted octanol–water partition coefficient (Wildman–Crippen LogP) is 1.19. The van der Waals surface area contributed by atoms with Crippen molar-refractivity contribution in [2.24, 2.45) is 4.99 Å². The molecule has 1 heterocycles. The fourth-order valence-corrected chi connectivity index (χ4v) is 2.54. The van der Waals surface area contributed by atoms with Gasteiger partial charge in [0.2, 0.25) is 0 Å². The minimum Gasteiger partial charge on any atom is -0.355 e. The molecule has 2 rings (SSSR count). The number of piperidine rings is 1. The van der Waals surface area contributed by atoms with Crippen LogP contribution in [-0.4, -0.2) is 49.6 Å². The van der Waals surface area contributed by atoms with Crippen LogP contribution in [0, 0.1) is 0 Å². The van der Waals surface area contributed by atoms with Gasteiger partial charge in [-0.15, -0.1) is 0 Å². The Bertz CT molecular complexity index is 260. The number of likely N-dealkylation sites (tertiary alicyclic amines) is 1. The summed E-state index contributed by atoms with van der Waals surface area (Å²) in [5, 5.41) is 6.91. The lowest BCUT2D eigenvalue weighted by atomic mass is 10.0. The number of hydrogen-bond donors (Lipinski definition) is 2. The van der Waals surface area contributed by atoms with Gasteiger partial charge < -0.3 is 10.6 Å². The number of aliphatic imine (C=N–C) groups is 1. The molecule has 1 aliphatic heterocycles. The molecule has 0 aromatic rings. The van der Waals surface area contributed by atoms with Gasteiger partial charge in [-0.3, -0.25) is 9.89 Å². The van der Waals surface area contributed by atoms with E-state index in [2.05, 4.69) is 27.4 Å². The molecule has 98 valence electrons. The highest BCUT2D eigenvalue weighted by Gasteiger charge is 2.24. The summed E-state index contributed by atoms with van der Waals surface area (Å²) in [7, 11) is 1.86. The van der Waals surface area contributed by atoms with Gasteiger partial charge in [0.15, 0.2) is 5.96 Å². The molecule has 1 unspecified atom stereocenters. The zero-order valence-electron chi connectivity index (χ0n) is 11.2. The van der Waals surface area contributed by atoms with E-state index in [9.17, 15) is 0 Å². The third-order valence-electron chi connectivity index (χ3n) is 3.80. The summed E-state index contributed by atoms with van der Waals surface area (Å²) >= 11 is 0. The van der Waals surface area contributed by atoms with Crippen LogP contribution in [0.2, 0.25) is 0 Å². The van der Waals surface area contributed by atoms with Crippen molar-refractivity contribution in [2.45, 2.75) is 51.1 Å². The first-order chi connectivity index (χ1) is 8.33. The van der Waals surface area contributed by atoms with Crippen LogP contribution >= 0.6 is 0 Å². The Morgan fingerprint density at radius 3 is 2.76 bits per heavy atom. The van der Waals surface area contributed by atoms with E-state index < -0.39 is 0 Å². The van der Waals surface area contributed by atoms with Crippen molar-refractivity contribution in [3.05, 3.63) is 0 Å². The second-order valence-corrected chi connectivity index (χ2v) is 5.15. The minimum absolute atomic E-state index is 0.676. The van der Waals surface area contributed by atoms with Crippen molar-refractivity contribution >= 4 is 5.96 Å². The van der Waals surface area contributed by atoms with Crippen LogP contribution in [0.4, 0.5) is 0 Å². The maximum absolute atomic E-state index is 4.28. The Morgan fingerprint density at radius 1 is 1.29 bits per heavy atom. The Kier molecular flexibility index (Phi) is 4.66. The zero-order chi connectivity index (χ0) is 12.1. The molecule has 0 radical (unpaired) electrons. The van der Waals surface area contributed by atoms with Gasteiger partial charge in [0, 0.05) is 25.7 Å². The van der Waals surface area contributed by atoms with Crippen LogP contribution in [0.25, 0.3) is 0 Å². The first kappa shape index (κ1) is 12.7. The zero-order valence-corrected chi connectivity index (χ0v) is 11.2. The lowest BCUT2D eigenvalue weighted by molar-refractivity contribution is 0.157. The second-order valence-electron chi connectivity index (χ2n) is 5.15. The van der Waals surface area contributed by atoms with Gasteiger partial charge in [0.1, 0.15) is 0 Å². The molecule has 2 fully saturated rings. The number of hydrogen-bond acceptors (Lipinski definition) is 2. The van der Waals surface area contributed by atoms with Crippen molar-refractivity contribution in [3.63, 3.8) is 0 Å². The number of likely N-dealkylation sites (N-methyl/N-ethyl adjacent to an activating group) is 1. The van der Waals surface area contributed by atoms with Gasteiger partial charge >= 0.3 is 0 Å². The standard InChI is InChI=1S/C13H26N4/c1-3-17-9-5-4-6-12(17)10-15-13(14-2)16-11-7-8-11/h11-12H,3-10H2,1-2H3,(H2,14,15,16). The third kappa shape index (κ3) is 3.87. The summed E-state index contributed by atoms with van der Waals surface area (Å²) in [5.74, 6) is 0.981. The molecule has 4 heteroatoms. The molecule has 0 amide bonds. The molecule has 0 aromatic heterocycles. The molecule has 0 bridgehead atoms. The van der Waals surface area contributed by atoms with Crippen molar-refractivity contribution in [1.29, 1.82) is 0 Å². The van der Waals surface area contributed by atoms with Gasteiger partial charge in [-0.25, -0.2) is 0 Å². The van der Waals surface area contributed by atoms with Gasteiger partial charge in [0.25, 0.3) is 0 Å². The normalized spacial score (nSPS) is 26.9.